The van der Waals surface area contributed by atoms with Gasteiger partial charge in [0.1, 0.15) is 60.4 Å². The molecule has 0 bridgehead atoms. The summed E-state index contributed by atoms with van der Waals surface area (Å²) in [5, 5.41) is 49.6. The Morgan fingerprint density at radius 3 is 1.48 bits per heavy atom. The molecule has 34 heteroatoms. The zero-order valence-corrected chi connectivity index (χ0v) is 52.4. The van der Waals surface area contributed by atoms with Gasteiger partial charge in [-0.1, -0.05) is 70.9 Å². The lowest BCUT2D eigenvalue weighted by Crippen LogP contribution is -2.62. The second kappa shape index (κ2) is 42.1. The summed E-state index contributed by atoms with van der Waals surface area (Å²) in [5.41, 5.74) is 29.9. The van der Waals surface area contributed by atoms with Gasteiger partial charge in [-0.25, -0.2) is 0 Å². The fourth-order valence-electron chi connectivity index (χ4n) is 8.98. The predicted molar refractivity (Wildman–Crippen MR) is 326 cm³/mol. The smallest absolute Gasteiger partial charge is 0.391 e. The van der Waals surface area contributed by atoms with Gasteiger partial charge in [0.15, 0.2) is 0 Å². The van der Waals surface area contributed by atoms with Gasteiger partial charge < -0.3 is 97.4 Å². The molecule has 1 heterocycles. The SMILES string of the molecule is CC(C)CCCCC(=O)N[C@@H](CCN)C(=O)N[C@H](C(=O)N[C@@H](CCN)C(=O)NC1CCNC(=O)[C@H]([C@@H](C)O)NC(=O)[C@H](CCN)NC(=O)[C@H](CCN)NC(=O)[C@H](CC(C)C)NC(=O)[C@@H](Cc2ccccc2)NC(=O)C(CCN)NC1=O)[C@@H](C)O.O=S(=O)(O)O. The average molecular weight is 1290 g/mol. The number of aliphatic hydroxyl groups excluding tert-OH is 2. The molecule has 506 valence electrons. The number of aliphatic hydroxyl groups is 2. The molecule has 11 amide bonds. The fourth-order valence-corrected chi connectivity index (χ4v) is 8.98. The molecule has 0 aliphatic carbocycles. The molecule has 1 fully saturated rings. The van der Waals surface area contributed by atoms with Gasteiger partial charge in [0.05, 0.1) is 12.2 Å². The Bertz CT molecular complexity index is 2540. The van der Waals surface area contributed by atoms with Gasteiger partial charge in [-0.2, -0.15) is 8.42 Å². The molecule has 0 spiro atoms. The van der Waals surface area contributed by atoms with Crippen molar-refractivity contribution in [2.24, 2.45) is 40.5 Å². The van der Waals surface area contributed by atoms with Crippen molar-refractivity contribution < 1.29 is 80.5 Å². The molecule has 25 N–H and O–H groups in total. The van der Waals surface area contributed by atoms with E-state index in [0.717, 1.165) is 12.8 Å². The first-order chi connectivity index (χ1) is 41.8. The Hall–Kier alpha value is -7.02. The van der Waals surface area contributed by atoms with E-state index in [2.05, 4.69) is 72.3 Å². The Labute approximate surface area is 519 Å². The quantitative estimate of drug-likeness (QED) is 0.0274. The summed E-state index contributed by atoms with van der Waals surface area (Å²) < 4.78 is 31.6. The Morgan fingerprint density at radius 2 is 1.01 bits per heavy atom. The second-order valence-electron chi connectivity index (χ2n) is 22.4. The molecule has 2 rings (SSSR count). The Balaban J connectivity index is 0.00000759. The van der Waals surface area contributed by atoms with Crippen molar-refractivity contribution in [1.82, 2.24) is 58.5 Å². The summed E-state index contributed by atoms with van der Waals surface area (Å²) in [6.07, 6.45) is -2.10. The van der Waals surface area contributed by atoms with Crippen LogP contribution in [0.1, 0.15) is 118 Å². The minimum atomic E-state index is -4.67. The first kappa shape index (κ1) is 80.0. The third-order valence-corrected chi connectivity index (χ3v) is 13.6. The number of unbranched alkanes of at least 4 members (excludes halogenated alkanes) is 1. The molecule has 2 unspecified atom stereocenters. The molecular weight excluding hydrogens is 1190 g/mol. The van der Waals surface area contributed by atoms with E-state index < -0.39 is 161 Å². The second-order valence-corrected chi connectivity index (χ2v) is 23.3. The van der Waals surface area contributed by atoms with Crippen LogP contribution in [0.4, 0.5) is 0 Å². The minimum Gasteiger partial charge on any atom is -0.391 e. The molecular formula is C55H98N16O17S. The van der Waals surface area contributed by atoms with Crippen molar-refractivity contribution >= 4 is 75.4 Å². The molecule has 33 nitrogen and oxygen atoms in total. The van der Waals surface area contributed by atoms with E-state index in [9.17, 15) is 63.0 Å². The van der Waals surface area contributed by atoms with Crippen molar-refractivity contribution in [3.63, 3.8) is 0 Å². The first-order valence-corrected chi connectivity index (χ1v) is 31.1. The molecule has 1 aliphatic heterocycles. The molecule has 1 aliphatic rings. The van der Waals surface area contributed by atoms with E-state index >= 15 is 0 Å². The van der Waals surface area contributed by atoms with Gasteiger partial charge in [0.25, 0.3) is 0 Å². The lowest BCUT2D eigenvalue weighted by molar-refractivity contribution is -0.137. The average Bonchev–Trinajstić information content (AvgIpc) is 2.22. The van der Waals surface area contributed by atoms with Gasteiger partial charge >= 0.3 is 10.4 Å². The van der Waals surface area contributed by atoms with Crippen LogP contribution >= 0.6 is 0 Å². The van der Waals surface area contributed by atoms with Crippen LogP contribution in [0, 0.1) is 11.8 Å². The molecule has 1 saturated heterocycles. The molecule has 0 saturated carbocycles. The lowest BCUT2D eigenvalue weighted by atomic mass is 10.00. The molecule has 89 heavy (non-hydrogen) atoms. The number of rotatable bonds is 28. The summed E-state index contributed by atoms with van der Waals surface area (Å²) in [5.74, 6) is -9.52. The summed E-state index contributed by atoms with van der Waals surface area (Å²) in [6.45, 7) is 8.92. The largest absolute Gasteiger partial charge is 0.394 e. The topological polar surface area (TPSA) is 565 Å². The van der Waals surface area contributed by atoms with Crippen molar-refractivity contribution in [2.45, 2.75) is 191 Å². The Morgan fingerprint density at radius 1 is 0.551 bits per heavy atom. The molecule has 12 atom stereocenters. The number of nitrogens with one attached hydrogen (secondary N) is 11. The van der Waals surface area contributed by atoms with Gasteiger partial charge in [-0.3, -0.25) is 61.8 Å². The number of carbonyl (C=O) groups is 11. The summed E-state index contributed by atoms with van der Waals surface area (Å²) in [4.78, 5) is 154. The van der Waals surface area contributed by atoms with E-state index in [1.165, 1.54) is 13.8 Å². The van der Waals surface area contributed by atoms with Crippen LogP contribution in [-0.4, -0.2) is 205 Å². The highest BCUT2D eigenvalue weighted by Crippen LogP contribution is 2.12. The molecule has 0 radical (unpaired) electrons. The van der Waals surface area contributed by atoms with Gasteiger partial charge in [0.2, 0.25) is 65.0 Å². The number of hydrogen-bond donors (Lipinski definition) is 20. The van der Waals surface area contributed by atoms with Crippen LogP contribution in [0.2, 0.25) is 0 Å². The van der Waals surface area contributed by atoms with Crippen molar-refractivity contribution in [3.05, 3.63) is 35.9 Å². The van der Waals surface area contributed by atoms with Crippen LogP contribution in [-0.2, 0) is 69.6 Å². The van der Waals surface area contributed by atoms with Crippen LogP contribution in [0.15, 0.2) is 30.3 Å². The van der Waals surface area contributed by atoms with Crippen molar-refractivity contribution in [1.29, 1.82) is 0 Å². The normalized spacial score (nSPS) is 22.1. The summed E-state index contributed by atoms with van der Waals surface area (Å²) >= 11 is 0. The Kier molecular flexibility index (Phi) is 37.8. The predicted octanol–water partition coefficient (Wildman–Crippen LogP) is -6.29. The lowest BCUT2D eigenvalue weighted by Gasteiger charge is -2.29. The number of nitrogens with two attached hydrogens (primary N) is 5. The molecule has 1 aromatic carbocycles. The van der Waals surface area contributed by atoms with Gasteiger partial charge in [0, 0.05) is 19.4 Å². The third kappa shape index (κ3) is 32.3. The maximum atomic E-state index is 14.5. The maximum absolute atomic E-state index is 14.5. The number of benzene rings is 1. The van der Waals surface area contributed by atoms with Crippen molar-refractivity contribution in [3.8, 4) is 0 Å². The zero-order chi connectivity index (χ0) is 67.6. The van der Waals surface area contributed by atoms with Crippen LogP contribution in [0.3, 0.4) is 0 Å². The van der Waals surface area contributed by atoms with Gasteiger partial charge in [-0.15, -0.1) is 0 Å². The zero-order valence-electron chi connectivity index (χ0n) is 51.6. The van der Waals surface area contributed by atoms with Crippen LogP contribution in [0.25, 0.3) is 0 Å². The number of carbonyl (C=O) groups excluding carboxylic acids is 11. The monoisotopic (exact) mass is 1290 g/mol. The molecule has 1 aromatic rings. The third-order valence-electron chi connectivity index (χ3n) is 13.6. The summed E-state index contributed by atoms with van der Waals surface area (Å²) in [6, 6.07) is -6.23. The van der Waals surface area contributed by atoms with E-state index in [4.69, 9.17) is 46.2 Å². The first-order valence-electron chi connectivity index (χ1n) is 29.7. The van der Waals surface area contributed by atoms with Crippen LogP contribution in [0.5, 0.6) is 0 Å². The molecule has 0 aromatic heterocycles. The number of hydrogen-bond acceptors (Lipinski definition) is 20. The highest BCUT2D eigenvalue weighted by atomic mass is 32.3. The highest BCUT2D eigenvalue weighted by Gasteiger charge is 2.37. The van der Waals surface area contributed by atoms with E-state index in [1.54, 1.807) is 44.2 Å². The van der Waals surface area contributed by atoms with Crippen molar-refractivity contribution in [2.75, 3.05) is 39.3 Å². The number of amides is 11. The summed E-state index contributed by atoms with van der Waals surface area (Å²) in [7, 11) is -4.67. The van der Waals surface area contributed by atoms with E-state index in [-0.39, 0.29) is 90.0 Å². The maximum Gasteiger partial charge on any atom is 0.394 e. The highest BCUT2D eigenvalue weighted by molar-refractivity contribution is 7.79. The van der Waals surface area contributed by atoms with Crippen LogP contribution < -0.4 is 87.2 Å². The van der Waals surface area contributed by atoms with E-state index in [1.807, 2.05) is 0 Å². The fraction of sp³-hybridized carbons (Fsp3) is 0.691. The minimum absolute atomic E-state index is 0.0181. The van der Waals surface area contributed by atoms with Gasteiger partial charge in [-0.05, 0) is 115 Å². The standard InChI is InChI=1S/C55H96N16O13.H2O4S/c1-30(2)12-10-11-15-43(74)62-35(16-22-56)50(79)71-45(33(6)73)55(84)67-38(19-25-59)47(76)66-40-21-27-61-54(83)44(32(5)72)70-51(80)39(20-26-60)64-46(75)36(17-23-57)65-52(81)41(28-31(3)4)68-53(82)42(29-34-13-8-7-9-14-34)69-48(77)37(18-24-58)63-49(40)78;1-5(2,3)4/h7-9,13-14,30-33,35-42,44-45,72-73H,10-12,15-29,56-60H2,1-6H3,(H,61,83)(H,62,74)(H,63,78)(H,64,75)(H,65,81)(H,66,76)(H,67,84)(H,68,82)(H,69,77)(H,70,80)(H,71,79);(H2,1,2,3,4)/t32-,33-,35+,36+,37?,38+,39+,40?,41+,42-,44+,45+;/m1./s1. The van der Waals surface area contributed by atoms with E-state index in [0.29, 0.717) is 17.9 Å².